The van der Waals surface area contributed by atoms with Crippen LogP contribution in [-0.2, 0) is 4.79 Å². The summed E-state index contributed by atoms with van der Waals surface area (Å²) in [6.07, 6.45) is 5.92. The topological polar surface area (TPSA) is 26.8 Å². The van der Waals surface area contributed by atoms with Gasteiger partial charge in [0.1, 0.15) is 0 Å². The molecule has 0 aromatic rings. The number of amides is 1. The van der Waals surface area contributed by atoms with E-state index in [2.05, 4.69) is 62.3 Å². The maximum Gasteiger partial charge on any atom is 0.223 e. The van der Waals surface area contributed by atoms with E-state index in [4.69, 9.17) is 0 Å². The third kappa shape index (κ3) is 4.99. The maximum atomic E-state index is 12.4. The molecule has 4 heteroatoms. The standard InChI is InChI=1S/C24H43N3O/c1-7-25(18-19-8-9-20-16-21(19)24(20,5)6)10-11-26-12-14-27(15-13-26)22(28)17-23(2,3)4/h8,20-21H,7,9-18H2,1-6H3. The zero-order valence-corrected chi connectivity index (χ0v) is 19.3. The van der Waals surface area contributed by atoms with E-state index in [0.717, 1.165) is 64.2 Å². The summed E-state index contributed by atoms with van der Waals surface area (Å²) in [5.74, 6) is 2.07. The van der Waals surface area contributed by atoms with Crippen LogP contribution in [0, 0.1) is 22.7 Å². The average Bonchev–Trinajstić information content (AvgIpc) is 2.64. The highest BCUT2D eigenvalue weighted by molar-refractivity contribution is 5.76. The summed E-state index contributed by atoms with van der Waals surface area (Å²) in [5, 5.41) is 0. The van der Waals surface area contributed by atoms with Crippen molar-refractivity contribution in [3.05, 3.63) is 11.6 Å². The molecule has 4 nitrogen and oxygen atoms in total. The molecule has 3 aliphatic carbocycles. The Morgan fingerprint density at radius 1 is 1.21 bits per heavy atom. The number of piperazine rings is 1. The molecule has 0 aromatic heterocycles. The molecule has 0 radical (unpaired) electrons. The van der Waals surface area contributed by atoms with Crippen LogP contribution >= 0.6 is 0 Å². The highest BCUT2D eigenvalue weighted by atomic mass is 16.2. The molecule has 2 fully saturated rings. The summed E-state index contributed by atoms with van der Waals surface area (Å²) >= 11 is 0. The van der Waals surface area contributed by atoms with Gasteiger partial charge in [0.25, 0.3) is 0 Å². The Bertz CT molecular complexity index is 581. The summed E-state index contributed by atoms with van der Waals surface area (Å²) in [4.78, 5) is 19.7. The lowest BCUT2D eigenvalue weighted by molar-refractivity contribution is -0.134. The molecule has 1 aliphatic heterocycles. The average molecular weight is 390 g/mol. The maximum absolute atomic E-state index is 12.4. The number of fused-ring (bicyclic) bond motifs is 1. The summed E-state index contributed by atoms with van der Waals surface area (Å²) in [6.45, 7) is 22.0. The molecule has 28 heavy (non-hydrogen) atoms. The minimum Gasteiger partial charge on any atom is -0.340 e. The van der Waals surface area contributed by atoms with Gasteiger partial charge >= 0.3 is 0 Å². The second kappa shape index (κ2) is 8.47. The van der Waals surface area contributed by atoms with Crippen LogP contribution in [0.3, 0.4) is 0 Å². The van der Waals surface area contributed by atoms with Crippen molar-refractivity contribution < 1.29 is 4.79 Å². The molecule has 2 unspecified atom stereocenters. The molecule has 0 aromatic carbocycles. The molecule has 1 saturated heterocycles. The van der Waals surface area contributed by atoms with Crippen LogP contribution in [0.1, 0.15) is 60.8 Å². The number of hydrogen-bond acceptors (Lipinski definition) is 3. The molecule has 0 spiro atoms. The Morgan fingerprint density at radius 2 is 1.89 bits per heavy atom. The van der Waals surface area contributed by atoms with Crippen molar-refractivity contribution in [1.29, 1.82) is 0 Å². The zero-order chi connectivity index (χ0) is 20.5. The van der Waals surface area contributed by atoms with Crippen molar-refractivity contribution >= 4 is 5.91 Å². The minimum atomic E-state index is 0.0820. The van der Waals surface area contributed by atoms with Gasteiger partial charge in [-0.1, -0.05) is 53.2 Å². The van der Waals surface area contributed by atoms with Gasteiger partial charge in [0.15, 0.2) is 0 Å². The molecule has 4 aliphatic rings. The Kier molecular flexibility index (Phi) is 6.61. The molecular weight excluding hydrogens is 346 g/mol. The van der Waals surface area contributed by atoms with Crippen LogP contribution in [0.2, 0.25) is 0 Å². The summed E-state index contributed by atoms with van der Waals surface area (Å²) < 4.78 is 0. The van der Waals surface area contributed by atoms with Crippen LogP contribution in [0.4, 0.5) is 0 Å². The van der Waals surface area contributed by atoms with Gasteiger partial charge in [0.05, 0.1) is 0 Å². The number of likely N-dealkylation sites (N-methyl/N-ethyl adjacent to an activating group) is 1. The number of hydrogen-bond donors (Lipinski definition) is 0. The van der Waals surface area contributed by atoms with E-state index in [9.17, 15) is 4.79 Å². The number of rotatable bonds is 7. The SMILES string of the molecule is CCN(CCN1CCN(C(=O)CC(C)(C)C)CC1)CC1=CCC2CC1C2(C)C. The first-order chi connectivity index (χ1) is 13.1. The number of nitrogens with zero attached hydrogens (tertiary/aromatic N) is 3. The van der Waals surface area contributed by atoms with Crippen molar-refractivity contribution in [2.45, 2.75) is 60.8 Å². The summed E-state index contributed by atoms with van der Waals surface area (Å²) in [5.41, 5.74) is 2.31. The van der Waals surface area contributed by atoms with Gasteiger partial charge in [-0.2, -0.15) is 0 Å². The molecule has 1 amide bonds. The van der Waals surface area contributed by atoms with Crippen molar-refractivity contribution in [3.63, 3.8) is 0 Å². The largest absolute Gasteiger partial charge is 0.340 e. The fourth-order valence-electron chi connectivity index (χ4n) is 5.33. The van der Waals surface area contributed by atoms with Crippen molar-refractivity contribution in [2.75, 3.05) is 52.4 Å². The van der Waals surface area contributed by atoms with E-state index in [-0.39, 0.29) is 5.41 Å². The first-order valence-corrected chi connectivity index (χ1v) is 11.5. The molecule has 4 rings (SSSR count). The lowest BCUT2D eigenvalue weighted by Crippen LogP contribution is -2.52. The zero-order valence-electron chi connectivity index (χ0n) is 19.3. The minimum absolute atomic E-state index is 0.0820. The molecule has 160 valence electrons. The number of carbonyl (C=O) groups excluding carboxylic acids is 1. The number of allylic oxidation sites excluding steroid dienone is 1. The third-order valence-corrected chi connectivity index (χ3v) is 7.58. The highest BCUT2D eigenvalue weighted by Gasteiger charge is 2.51. The second-order valence-corrected chi connectivity index (χ2v) is 11.1. The monoisotopic (exact) mass is 389 g/mol. The Morgan fingerprint density at radius 3 is 2.43 bits per heavy atom. The Hall–Kier alpha value is -0.870. The van der Waals surface area contributed by atoms with Crippen LogP contribution in [0.5, 0.6) is 0 Å². The smallest absolute Gasteiger partial charge is 0.223 e. The lowest BCUT2D eigenvalue weighted by Gasteiger charge is -2.57. The van der Waals surface area contributed by atoms with E-state index >= 15 is 0 Å². The molecular formula is C24H43N3O. The fraction of sp³-hybridized carbons (Fsp3) is 0.875. The summed E-state index contributed by atoms with van der Waals surface area (Å²) in [7, 11) is 0. The van der Waals surface area contributed by atoms with Crippen LogP contribution in [-0.4, -0.2) is 73.0 Å². The first kappa shape index (κ1) is 21.8. The van der Waals surface area contributed by atoms with Crippen molar-refractivity contribution in [3.8, 4) is 0 Å². The fourth-order valence-corrected chi connectivity index (χ4v) is 5.33. The van der Waals surface area contributed by atoms with Gasteiger partial charge in [-0.25, -0.2) is 0 Å². The second-order valence-electron chi connectivity index (χ2n) is 11.1. The third-order valence-electron chi connectivity index (χ3n) is 7.58. The molecule has 2 bridgehead atoms. The quantitative estimate of drug-likeness (QED) is 0.618. The predicted molar refractivity (Wildman–Crippen MR) is 117 cm³/mol. The van der Waals surface area contributed by atoms with E-state index in [0.29, 0.717) is 17.7 Å². The first-order valence-electron chi connectivity index (χ1n) is 11.5. The molecule has 2 atom stereocenters. The molecule has 0 N–H and O–H groups in total. The summed E-state index contributed by atoms with van der Waals surface area (Å²) in [6, 6.07) is 0. The van der Waals surface area contributed by atoms with Crippen molar-refractivity contribution in [2.24, 2.45) is 22.7 Å². The Balaban J connectivity index is 1.41. The lowest BCUT2D eigenvalue weighted by atomic mass is 9.49. The van der Waals surface area contributed by atoms with Crippen LogP contribution in [0.15, 0.2) is 11.6 Å². The van der Waals surface area contributed by atoms with E-state index in [1.54, 1.807) is 5.57 Å². The molecule has 1 heterocycles. The van der Waals surface area contributed by atoms with Gasteiger partial charge in [-0.05, 0) is 42.1 Å². The van der Waals surface area contributed by atoms with E-state index in [1.807, 2.05) is 0 Å². The number of carbonyl (C=O) groups is 1. The van der Waals surface area contributed by atoms with Gasteiger partial charge in [-0.3, -0.25) is 14.6 Å². The van der Waals surface area contributed by atoms with Crippen molar-refractivity contribution in [1.82, 2.24) is 14.7 Å². The highest BCUT2D eigenvalue weighted by Crippen LogP contribution is 2.59. The normalized spacial score (nSPS) is 27.5. The van der Waals surface area contributed by atoms with Gasteiger partial charge in [-0.15, -0.1) is 0 Å². The van der Waals surface area contributed by atoms with Gasteiger partial charge < -0.3 is 4.90 Å². The predicted octanol–water partition coefficient (Wildman–Crippen LogP) is 3.88. The van der Waals surface area contributed by atoms with Crippen LogP contribution < -0.4 is 0 Å². The van der Waals surface area contributed by atoms with Crippen LogP contribution in [0.25, 0.3) is 0 Å². The van der Waals surface area contributed by atoms with E-state index < -0.39 is 0 Å². The molecule has 1 saturated carbocycles. The van der Waals surface area contributed by atoms with E-state index in [1.165, 1.54) is 12.8 Å². The van der Waals surface area contributed by atoms with Gasteiger partial charge in [0, 0.05) is 52.2 Å². The van der Waals surface area contributed by atoms with Gasteiger partial charge in [0.2, 0.25) is 5.91 Å². The Labute approximate surface area is 173 Å².